The summed E-state index contributed by atoms with van der Waals surface area (Å²) in [6.45, 7) is 1.59. The number of halogens is 2. The van der Waals surface area contributed by atoms with Gasteiger partial charge < -0.3 is 10.1 Å². The molecular weight excluding hydrogens is 258 g/mol. The van der Waals surface area contributed by atoms with E-state index in [1.54, 1.807) is 6.92 Å². The minimum absolute atomic E-state index is 0.00759. The summed E-state index contributed by atoms with van der Waals surface area (Å²) >= 11 is 0. The summed E-state index contributed by atoms with van der Waals surface area (Å²) in [7, 11) is 0. The number of carboxylic acids is 1. The fourth-order valence-corrected chi connectivity index (χ4v) is 1.82. The van der Waals surface area contributed by atoms with Crippen LogP contribution < -0.4 is 5.56 Å². The van der Waals surface area contributed by atoms with Gasteiger partial charge in [0.15, 0.2) is 11.6 Å². The van der Waals surface area contributed by atoms with Gasteiger partial charge in [-0.05, 0) is 6.42 Å². The average Bonchev–Trinajstić information content (AvgIpc) is 2.33. The summed E-state index contributed by atoms with van der Waals surface area (Å²) < 4.78 is 26.1. The number of fused-ring (bicyclic) bond motifs is 1. The normalized spacial score (nSPS) is 12.6. The maximum absolute atomic E-state index is 13.1. The van der Waals surface area contributed by atoms with Crippen molar-refractivity contribution in [1.82, 2.24) is 9.97 Å². The number of H-pyrrole nitrogens is 1. The molecule has 2 rings (SSSR count). The molecule has 0 aliphatic rings. The van der Waals surface area contributed by atoms with E-state index in [1.807, 2.05) is 0 Å². The van der Waals surface area contributed by atoms with Crippen molar-refractivity contribution >= 4 is 17.0 Å². The largest absolute Gasteiger partial charge is 0.481 e. The van der Waals surface area contributed by atoms with E-state index in [4.69, 9.17) is 5.11 Å². The van der Waals surface area contributed by atoms with E-state index in [2.05, 4.69) is 9.97 Å². The number of carboxylic acid groups (broad SMARTS) is 1. The minimum atomic E-state index is -1.19. The summed E-state index contributed by atoms with van der Waals surface area (Å²) in [5.41, 5.74) is -0.901. The molecule has 0 saturated carbocycles. The van der Waals surface area contributed by atoms with Crippen LogP contribution in [0.15, 0.2) is 16.9 Å². The molecule has 100 valence electrons. The Morgan fingerprint density at radius 2 is 2.05 bits per heavy atom. The third-order valence-corrected chi connectivity index (χ3v) is 2.80. The molecule has 2 N–H and O–H groups in total. The number of aromatic amines is 1. The molecule has 1 aromatic heterocycles. The van der Waals surface area contributed by atoms with Crippen LogP contribution in [0.4, 0.5) is 8.78 Å². The molecule has 0 aliphatic carbocycles. The van der Waals surface area contributed by atoms with Crippen LogP contribution in [0.3, 0.4) is 0 Å². The van der Waals surface area contributed by atoms with E-state index < -0.39 is 29.1 Å². The SMILES string of the molecule is CCC(C(=O)O)c1nc2cc(F)c(F)cc2[nH]c1=O. The van der Waals surface area contributed by atoms with Crippen LogP contribution in [0.1, 0.15) is 25.0 Å². The highest BCUT2D eigenvalue weighted by atomic mass is 19.2. The van der Waals surface area contributed by atoms with E-state index in [0.717, 1.165) is 12.1 Å². The van der Waals surface area contributed by atoms with Gasteiger partial charge in [-0.2, -0.15) is 0 Å². The maximum Gasteiger partial charge on any atom is 0.312 e. The summed E-state index contributed by atoms with van der Waals surface area (Å²) in [5, 5.41) is 9.00. The van der Waals surface area contributed by atoms with Gasteiger partial charge >= 0.3 is 5.97 Å². The Morgan fingerprint density at radius 3 is 2.63 bits per heavy atom. The van der Waals surface area contributed by atoms with E-state index in [9.17, 15) is 18.4 Å². The Hall–Kier alpha value is -2.31. The first-order chi connectivity index (χ1) is 8.93. The van der Waals surface area contributed by atoms with Crippen LogP contribution in [0.25, 0.3) is 11.0 Å². The molecule has 1 aromatic carbocycles. The average molecular weight is 268 g/mol. The standard InChI is InChI=1S/C12H10F2N2O3/c1-2-5(12(18)19)10-11(17)16-9-4-7(14)6(13)3-8(9)15-10/h3-5H,2H2,1H3,(H,16,17)(H,18,19). The van der Waals surface area contributed by atoms with Gasteiger partial charge in [0.2, 0.25) is 0 Å². The predicted molar refractivity (Wildman–Crippen MR) is 62.9 cm³/mol. The van der Waals surface area contributed by atoms with E-state index in [-0.39, 0.29) is 23.1 Å². The van der Waals surface area contributed by atoms with Gasteiger partial charge in [0.05, 0.1) is 11.0 Å². The van der Waals surface area contributed by atoms with E-state index >= 15 is 0 Å². The van der Waals surface area contributed by atoms with Gasteiger partial charge in [0.25, 0.3) is 5.56 Å². The molecule has 1 heterocycles. The van der Waals surface area contributed by atoms with Gasteiger partial charge in [-0.25, -0.2) is 13.8 Å². The Kier molecular flexibility index (Phi) is 3.28. The Morgan fingerprint density at radius 1 is 1.42 bits per heavy atom. The first-order valence-electron chi connectivity index (χ1n) is 5.55. The number of hydrogen-bond donors (Lipinski definition) is 2. The van der Waals surface area contributed by atoms with Crippen molar-refractivity contribution in [3.05, 3.63) is 39.8 Å². The van der Waals surface area contributed by atoms with Crippen LogP contribution in [-0.4, -0.2) is 21.0 Å². The third-order valence-electron chi connectivity index (χ3n) is 2.80. The van der Waals surface area contributed by atoms with Crippen LogP contribution in [-0.2, 0) is 4.79 Å². The Balaban J connectivity index is 2.71. The van der Waals surface area contributed by atoms with Crippen molar-refractivity contribution < 1.29 is 18.7 Å². The molecule has 1 atom stereocenters. The molecule has 0 spiro atoms. The molecule has 0 fully saturated rings. The number of benzene rings is 1. The quantitative estimate of drug-likeness (QED) is 0.888. The number of nitrogens with one attached hydrogen (secondary N) is 1. The highest BCUT2D eigenvalue weighted by Gasteiger charge is 2.23. The van der Waals surface area contributed by atoms with Crippen LogP contribution in [0, 0.1) is 11.6 Å². The Bertz CT molecular complexity index is 712. The van der Waals surface area contributed by atoms with Crippen molar-refractivity contribution in [2.24, 2.45) is 0 Å². The number of rotatable bonds is 3. The lowest BCUT2D eigenvalue weighted by atomic mass is 10.0. The fraction of sp³-hybridized carbons (Fsp3) is 0.250. The highest BCUT2D eigenvalue weighted by Crippen LogP contribution is 2.18. The lowest BCUT2D eigenvalue weighted by molar-refractivity contribution is -0.139. The smallest absolute Gasteiger partial charge is 0.312 e. The third kappa shape index (κ3) is 2.31. The summed E-state index contributed by atoms with van der Waals surface area (Å²) in [6.07, 6.45) is 0.167. The molecule has 0 bridgehead atoms. The van der Waals surface area contributed by atoms with Crippen LogP contribution in [0.5, 0.6) is 0 Å². The van der Waals surface area contributed by atoms with Crippen molar-refractivity contribution in [2.45, 2.75) is 19.3 Å². The van der Waals surface area contributed by atoms with Crippen molar-refractivity contribution in [2.75, 3.05) is 0 Å². The first-order valence-corrected chi connectivity index (χ1v) is 5.55. The molecule has 0 aliphatic heterocycles. The van der Waals surface area contributed by atoms with Crippen LogP contribution >= 0.6 is 0 Å². The molecule has 2 aromatic rings. The maximum atomic E-state index is 13.1. The lowest BCUT2D eigenvalue weighted by Crippen LogP contribution is -2.23. The van der Waals surface area contributed by atoms with Crippen molar-refractivity contribution in [1.29, 1.82) is 0 Å². The van der Waals surface area contributed by atoms with E-state index in [0.29, 0.717) is 0 Å². The minimum Gasteiger partial charge on any atom is -0.481 e. The summed E-state index contributed by atoms with van der Waals surface area (Å²) in [5.74, 6) is -4.49. The number of carbonyl (C=O) groups is 1. The number of hydrogen-bond acceptors (Lipinski definition) is 3. The van der Waals surface area contributed by atoms with Gasteiger partial charge in [-0.15, -0.1) is 0 Å². The fourth-order valence-electron chi connectivity index (χ4n) is 1.82. The second kappa shape index (κ2) is 4.75. The summed E-state index contributed by atoms with van der Waals surface area (Å²) in [4.78, 5) is 28.9. The number of aromatic nitrogens is 2. The first kappa shape index (κ1) is 13.1. The molecule has 0 radical (unpaired) electrons. The molecule has 5 nitrogen and oxygen atoms in total. The lowest BCUT2D eigenvalue weighted by Gasteiger charge is -2.09. The van der Waals surface area contributed by atoms with Gasteiger partial charge in [0, 0.05) is 12.1 Å². The molecule has 1 unspecified atom stereocenters. The van der Waals surface area contributed by atoms with Crippen molar-refractivity contribution in [3.63, 3.8) is 0 Å². The van der Waals surface area contributed by atoms with Gasteiger partial charge in [-0.3, -0.25) is 9.59 Å². The molecule has 19 heavy (non-hydrogen) atoms. The number of aliphatic carboxylic acids is 1. The number of nitrogens with zero attached hydrogens (tertiary/aromatic N) is 1. The predicted octanol–water partition coefficient (Wildman–Crippen LogP) is 1.78. The zero-order valence-corrected chi connectivity index (χ0v) is 9.91. The van der Waals surface area contributed by atoms with Gasteiger partial charge in [0.1, 0.15) is 11.6 Å². The zero-order valence-electron chi connectivity index (χ0n) is 9.91. The monoisotopic (exact) mass is 268 g/mol. The highest BCUT2D eigenvalue weighted by molar-refractivity contribution is 5.78. The Labute approximate surface area is 105 Å². The van der Waals surface area contributed by atoms with Crippen molar-refractivity contribution in [3.8, 4) is 0 Å². The van der Waals surface area contributed by atoms with Gasteiger partial charge in [-0.1, -0.05) is 6.92 Å². The second-order valence-corrected chi connectivity index (χ2v) is 4.03. The van der Waals surface area contributed by atoms with E-state index in [1.165, 1.54) is 0 Å². The van der Waals surface area contributed by atoms with Crippen LogP contribution in [0.2, 0.25) is 0 Å². The summed E-state index contributed by atoms with van der Waals surface area (Å²) in [6, 6.07) is 1.63. The topological polar surface area (TPSA) is 83.0 Å². The molecular formula is C12H10F2N2O3. The zero-order chi connectivity index (χ0) is 14.2. The second-order valence-electron chi connectivity index (χ2n) is 4.03. The molecule has 0 amide bonds. The molecule has 7 heteroatoms. The molecule has 0 saturated heterocycles.